The molecule has 0 bridgehead atoms. The highest BCUT2D eigenvalue weighted by Gasteiger charge is 2.18. The zero-order chi connectivity index (χ0) is 12.1. The fourth-order valence-corrected chi connectivity index (χ4v) is 2.53. The predicted molar refractivity (Wildman–Crippen MR) is 71.0 cm³/mol. The molecule has 0 aliphatic rings. The van der Waals surface area contributed by atoms with Crippen molar-refractivity contribution >= 4 is 15.9 Å². The topological polar surface area (TPSA) is 18.5 Å². The van der Waals surface area contributed by atoms with Crippen LogP contribution in [-0.4, -0.2) is 19.0 Å². The van der Waals surface area contributed by atoms with E-state index in [0.29, 0.717) is 10.7 Å². The summed E-state index contributed by atoms with van der Waals surface area (Å²) >= 11 is 3.58. The molecule has 0 saturated heterocycles. The van der Waals surface area contributed by atoms with Gasteiger partial charge in [-0.2, -0.15) is 0 Å². The molecule has 90 valence electrons. The van der Waals surface area contributed by atoms with Crippen molar-refractivity contribution in [2.45, 2.75) is 31.0 Å². The van der Waals surface area contributed by atoms with E-state index in [1.165, 1.54) is 0 Å². The summed E-state index contributed by atoms with van der Waals surface area (Å²) in [5.74, 6) is 2.21. The van der Waals surface area contributed by atoms with Gasteiger partial charge in [0.05, 0.1) is 14.2 Å². The van der Waals surface area contributed by atoms with Crippen molar-refractivity contribution in [2.75, 3.05) is 14.2 Å². The summed E-state index contributed by atoms with van der Waals surface area (Å²) < 4.78 is 10.8. The van der Waals surface area contributed by atoms with Gasteiger partial charge in [-0.25, -0.2) is 0 Å². The summed E-state index contributed by atoms with van der Waals surface area (Å²) in [6.07, 6.45) is 1.05. The first-order valence-corrected chi connectivity index (χ1v) is 6.36. The second kappa shape index (κ2) is 6.14. The molecule has 16 heavy (non-hydrogen) atoms. The van der Waals surface area contributed by atoms with E-state index in [2.05, 4.69) is 29.8 Å². The molecular weight excluding hydrogens is 268 g/mol. The average Bonchev–Trinajstić information content (AvgIpc) is 2.26. The monoisotopic (exact) mass is 286 g/mol. The molecule has 2 atom stereocenters. The SMILES string of the molecule is COc1cccc(OC)c1C(C)CC(C)Br. The van der Waals surface area contributed by atoms with Crippen molar-refractivity contribution < 1.29 is 9.47 Å². The number of benzene rings is 1. The highest BCUT2D eigenvalue weighted by atomic mass is 79.9. The Morgan fingerprint density at radius 2 is 1.62 bits per heavy atom. The first-order chi connectivity index (χ1) is 7.60. The third-order valence-electron chi connectivity index (χ3n) is 2.64. The van der Waals surface area contributed by atoms with Crippen LogP contribution in [0.15, 0.2) is 18.2 Å². The lowest BCUT2D eigenvalue weighted by Crippen LogP contribution is -2.05. The minimum atomic E-state index is 0.403. The molecule has 0 N–H and O–H groups in total. The van der Waals surface area contributed by atoms with Gasteiger partial charge in [0.2, 0.25) is 0 Å². The summed E-state index contributed by atoms with van der Waals surface area (Å²) in [7, 11) is 3.39. The van der Waals surface area contributed by atoms with Crippen LogP contribution in [0.25, 0.3) is 0 Å². The summed E-state index contributed by atoms with van der Waals surface area (Å²) in [5.41, 5.74) is 1.15. The fourth-order valence-electron chi connectivity index (χ4n) is 1.97. The van der Waals surface area contributed by atoms with Crippen molar-refractivity contribution in [1.82, 2.24) is 0 Å². The molecular formula is C13H19BrO2. The van der Waals surface area contributed by atoms with Crippen LogP contribution in [-0.2, 0) is 0 Å². The predicted octanol–water partition coefficient (Wildman–Crippen LogP) is 3.98. The van der Waals surface area contributed by atoms with Crippen LogP contribution in [0.1, 0.15) is 31.7 Å². The average molecular weight is 287 g/mol. The third-order valence-corrected chi connectivity index (χ3v) is 3.01. The molecule has 0 aliphatic heterocycles. The van der Waals surface area contributed by atoms with E-state index in [0.717, 1.165) is 23.5 Å². The zero-order valence-corrected chi connectivity index (χ0v) is 11.9. The lowest BCUT2D eigenvalue weighted by Gasteiger charge is -2.19. The van der Waals surface area contributed by atoms with Crippen molar-refractivity contribution in [3.05, 3.63) is 23.8 Å². The summed E-state index contributed by atoms with van der Waals surface area (Å²) in [6, 6.07) is 5.91. The smallest absolute Gasteiger partial charge is 0.126 e. The fraction of sp³-hybridized carbons (Fsp3) is 0.538. The number of alkyl halides is 1. The second-order valence-electron chi connectivity index (χ2n) is 3.99. The number of hydrogen-bond donors (Lipinski definition) is 0. The van der Waals surface area contributed by atoms with Gasteiger partial charge in [0.15, 0.2) is 0 Å². The minimum absolute atomic E-state index is 0.403. The van der Waals surface area contributed by atoms with Gasteiger partial charge in [0, 0.05) is 10.4 Å². The standard InChI is InChI=1S/C13H19BrO2/c1-9(8-10(2)14)13-11(15-3)6-5-7-12(13)16-4/h5-7,9-10H,8H2,1-4H3. The van der Waals surface area contributed by atoms with E-state index in [1.807, 2.05) is 18.2 Å². The Bertz CT molecular complexity index is 314. The first-order valence-electron chi connectivity index (χ1n) is 5.45. The van der Waals surface area contributed by atoms with Gasteiger partial charge < -0.3 is 9.47 Å². The molecule has 1 aromatic rings. The first kappa shape index (κ1) is 13.4. The molecule has 1 rings (SSSR count). The van der Waals surface area contributed by atoms with Crippen LogP contribution in [0.5, 0.6) is 11.5 Å². The lowest BCUT2D eigenvalue weighted by atomic mass is 9.94. The van der Waals surface area contributed by atoms with Gasteiger partial charge in [-0.1, -0.05) is 35.8 Å². The van der Waals surface area contributed by atoms with E-state index < -0.39 is 0 Å². The lowest BCUT2D eigenvalue weighted by molar-refractivity contribution is 0.378. The molecule has 0 heterocycles. The quantitative estimate of drug-likeness (QED) is 0.763. The molecule has 2 unspecified atom stereocenters. The number of halogens is 1. The maximum Gasteiger partial charge on any atom is 0.126 e. The molecule has 0 aliphatic carbocycles. The van der Waals surface area contributed by atoms with Crippen LogP contribution in [0.4, 0.5) is 0 Å². The van der Waals surface area contributed by atoms with Gasteiger partial charge in [0.1, 0.15) is 11.5 Å². The Labute approximate surface area is 106 Å². The van der Waals surface area contributed by atoms with Crippen LogP contribution in [0.3, 0.4) is 0 Å². The molecule has 3 heteroatoms. The van der Waals surface area contributed by atoms with E-state index in [1.54, 1.807) is 14.2 Å². The Hall–Kier alpha value is -0.700. The normalized spacial score (nSPS) is 14.3. The highest BCUT2D eigenvalue weighted by Crippen LogP contribution is 2.37. The maximum absolute atomic E-state index is 5.40. The highest BCUT2D eigenvalue weighted by molar-refractivity contribution is 9.09. The Morgan fingerprint density at radius 1 is 1.12 bits per heavy atom. The van der Waals surface area contributed by atoms with E-state index >= 15 is 0 Å². The number of hydrogen-bond acceptors (Lipinski definition) is 2. The largest absolute Gasteiger partial charge is 0.496 e. The van der Waals surface area contributed by atoms with E-state index in [4.69, 9.17) is 9.47 Å². The Balaban J connectivity index is 3.07. The van der Waals surface area contributed by atoms with Crippen LogP contribution < -0.4 is 9.47 Å². The summed E-state index contributed by atoms with van der Waals surface area (Å²) in [5, 5.41) is 0. The summed E-state index contributed by atoms with van der Waals surface area (Å²) in [6.45, 7) is 4.34. The van der Waals surface area contributed by atoms with Gasteiger partial charge >= 0.3 is 0 Å². The van der Waals surface area contributed by atoms with Gasteiger partial charge in [0.25, 0.3) is 0 Å². The maximum atomic E-state index is 5.40. The van der Waals surface area contributed by atoms with Crippen molar-refractivity contribution in [3.8, 4) is 11.5 Å². The molecule has 0 spiro atoms. The summed E-state index contributed by atoms with van der Waals surface area (Å²) in [4.78, 5) is 0.483. The number of methoxy groups -OCH3 is 2. The van der Waals surface area contributed by atoms with Crippen LogP contribution in [0, 0.1) is 0 Å². The Kier molecular flexibility index (Phi) is 5.13. The zero-order valence-electron chi connectivity index (χ0n) is 10.3. The van der Waals surface area contributed by atoms with Gasteiger partial charge in [-0.15, -0.1) is 0 Å². The number of ether oxygens (including phenoxy) is 2. The molecule has 2 nitrogen and oxygen atoms in total. The number of rotatable bonds is 5. The van der Waals surface area contributed by atoms with E-state index in [9.17, 15) is 0 Å². The molecule has 0 radical (unpaired) electrons. The molecule has 0 amide bonds. The molecule has 0 saturated carbocycles. The minimum Gasteiger partial charge on any atom is -0.496 e. The third kappa shape index (κ3) is 3.14. The molecule has 1 aromatic carbocycles. The van der Waals surface area contributed by atoms with Crippen LogP contribution in [0.2, 0.25) is 0 Å². The second-order valence-corrected chi connectivity index (χ2v) is 5.56. The molecule has 0 fully saturated rings. The van der Waals surface area contributed by atoms with Gasteiger partial charge in [-0.3, -0.25) is 0 Å². The van der Waals surface area contributed by atoms with Gasteiger partial charge in [-0.05, 0) is 24.5 Å². The van der Waals surface area contributed by atoms with E-state index in [-0.39, 0.29) is 0 Å². The Morgan fingerprint density at radius 3 is 2.00 bits per heavy atom. The van der Waals surface area contributed by atoms with Crippen molar-refractivity contribution in [3.63, 3.8) is 0 Å². The molecule has 0 aromatic heterocycles. The van der Waals surface area contributed by atoms with Crippen LogP contribution >= 0.6 is 15.9 Å². The van der Waals surface area contributed by atoms with Crippen molar-refractivity contribution in [2.24, 2.45) is 0 Å². The van der Waals surface area contributed by atoms with Crippen molar-refractivity contribution in [1.29, 1.82) is 0 Å².